The molecule has 1 aliphatic rings. The minimum atomic E-state index is -4.61. The molecule has 6 nitrogen and oxygen atoms in total. The summed E-state index contributed by atoms with van der Waals surface area (Å²) in [7, 11) is 0. The van der Waals surface area contributed by atoms with E-state index >= 15 is 0 Å². The Morgan fingerprint density at radius 2 is 1.77 bits per heavy atom. The van der Waals surface area contributed by atoms with Crippen LogP contribution in [0.5, 0.6) is 0 Å². The van der Waals surface area contributed by atoms with Crippen molar-refractivity contribution >= 4 is 29.1 Å². The number of anilines is 2. The highest BCUT2D eigenvalue weighted by Crippen LogP contribution is 2.34. The van der Waals surface area contributed by atoms with Gasteiger partial charge in [0.15, 0.2) is 0 Å². The average molecular weight is 433 g/mol. The van der Waals surface area contributed by atoms with Crippen LogP contribution in [0, 0.1) is 5.92 Å². The van der Waals surface area contributed by atoms with Gasteiger partial charge in [-0.3, -0.25) is 14.4 Å². The van der Waals surface area contributed by atoms with Crippen LogP contribution in [0.1, 0.15) is 24.5 Å². The van der Waals surface area contributed by atoms with E-state index in [1.807, 2.05) is 30.3 Å². The van der Waals surface area contributed by atoms with Gasteiger partial charge in [0.1, 0.15) is 0 Å². The smallest absolute Gasteiger partial charge is 0.342 e. The monoisotopic (exact) mass is 433 g/mol. The van der Waals surface area contributed by atoms with Crippen molar-refractivity contribution < 1.29 is 27.6 Å². The number of hydrogen-bond acceptors (Lipinski definition) is 3. The minimum absolute atomic E-state index is 0.0188. The first-order chi connectivity index (χ1) is 14.6. The second kappa shape index (κ2) is 9.20. The number of halogens is 3. The minimum Gasteiger partial charge on any atom is -0.342 e. The van der Waals surface area contributed by atoms with Crippen LogP contribution in [0.15, 0.2) is 48.5 Å². The molecule has 0 unspecified atom stereocenters. The Labute approximate surface area is 177 Å². The molecule has 0 aliphatic carbocycles. The van der Waals surface area contributed by atoms with Gasteiger partial charge in [-0.2, -0.15) is 13.2 Å². The summed E-state index contributed by atoms with van der Waals surface area (Å²) in [5, 5.41) is 4.86. The summed E-state index contributed by atoms with van der Waals surface area (Å²) in [6.07, 6.45) is -3.98. The predicted octanol–water partition coefficient (Wildman–Crippen LogP) is 3.69. The van der Waals surface area contributed by atoms with Gasteiger partial charge in [-0.1, -0.05) is 30.3 Å². The predicted molar refractivity (Wildman–Crippen MR) is 109 cm³/mol. The van der Waals surface area contributed by atoms with Crippen LogP contribution in [0.2, 0.25) is 0 Å². The van der Waals surface area contributed by atoms with E-state index in [1.165, 1.54) is 6.92 Å². The van der Waals surface area contributed by atoms with E-state index in [9.17, 15) is 27.6 Å². The third kappa shape index (κ3) is 5.84. The molecular weight excluding hydrogens is 411 g/mol. The molecule has 0 bridgehead atoms. The standard InChI is InChI=1S/C22H22F3N3O3/c1-14(29)26-18-8-7-17(22(23,24)25)12-19(18)27-21(31)16-11-20(30)28(13-16)10-9-15-5-3-2-4-6-15/h2-8,12,16H,9-11,13H2,1H3,(H,26,29)(H,27,31)/t16-/m1/s1. The number of carbonyl (C=O) groups excluding carboxylic acids is 3. The van der Waals surface area contributed by atoms with Gasteiger partial charge in [0.25, 0.3) is 0 Å². The van der Waals surface area contributed by atoms with Crippen molar-refractivity contribution in [1.29, 1.82) is 0 Å². The normalized spacial score (nSPS) is 16.3. The molecule has 164 valence electrons. The molecule has 2 N–H and O–H groups in total. The molecule has 2 aromatic rings. The fourth-order valence-corrected chi connectivity index (χ4v) is 3.43. The number of amides is 3. The number of nitrogens with one attached hydrogen (secondary N) is 2. The van der Waals surface area contributed by atoms with Crippen LogP contribution in [-0.2, 0) is 27.0 Å². The molecule has 1 saturated heterocycles. The number of hydrogen-bond donors (Lipinski definition) is 2. The second-order valence-electron chi connectivity index (χ2n) is 7.40. The fraction of sp³-hybridized carbons (Fsp3) is 0.318. The summed E-state index contributed by atoms with van der Waals surface area (Å²) in [6, 6.07) is 12.3. The lowest BCUT2D eigenvalue weighted by Gasteiger charge is -2.18. The number of benzene rings is 2. The highest BCUT2D eigenvalue weighted by Gasteiger charge is 2.35. The van der Waals surface area contributed by atoms with Gasteiger partial charge in [0, 0.05) is 26.4 Å². The van der Waals surface area contributed by atoms with Crippen molar-refractivity contribution in [3.05, 3.63) is 59.7 Å². The van der Waals surface area contributed by atoms with Gasteiger partial charge in [-0.05, 0) is 30.2 Å². The summed E-state index contributed by atoms with van der Waals surface area (Å²) in [5.74, 6) is -1.93. The van der Waals surface area contributed by atoms with Gasteiger partial charge < -0.3 is 15.5 Å². The Balaban J connectivity index is 1.69. The highest BCUT2D eigenvalue weighted by atomic mass is 19.4. The van der Waals surface area contributed by atoms with Crippen LogP contribution >= 0.6 is 0 Å². The number of alkyl halides is 3. The maximum atomic E-state index is 13.1. The van der Waals surface area contributed by atoms with Crippen LogP contribution < -0.4 is 10.6 Å². The van der Waals surface area contributed by atoms with Crippen LogP contribution in [0.3, 0.4) is 0 Å². The van der Waals surface area contributed by atoms with Crippen LogP contribution in [-0.4, -0.2) is 35.7 Å². The molecule has 3 amide bonds. The van der Waals surface area contributed by atoms with Crippen molar-refractivity contribution in [3.8, 4) is 0 Å². The van der Waals surface area contributed by atoms with Crippen LogP contribution in [0.4, 0.5) is 24.5 Å². The number of rotatable bonds is 6. The fourth-order valence-electron chi connectivity index (χ4n) is 3.43. The molecule has 1 atom stereocenters. The first kappa shape index (κ1) is 22.3. The van der Waals surface area contributed by atoms with Crippen molar-refractivity contribution in [2.45, 2.75) is 25.9 Å². The largest absolute Gasteiger partial charge is 0.416 e. The molecule has 1 fully saturated rings. The number of nitrogens with zero attached hydrogens (tertiary/aromatic N) is 1. The topological polar surface area (TPSA) is 78.5 Å². The Hall–Kier alpha value is -3.36. The van der Waals surface area contributed by atoms with Crippen molar-refractivity contribution in [1.82, 2.24) is 4.90 Å². The number of likely N-dealkylation sites (tertiary alicyclic amines) is 1. The quantitative estimate of drug-likeness (QED) is 0.729. The van der Waals surface area contributed by atoms with Gasteiger partial charge in [0.2, 0.25) is 17.7 Å². The molecule has 0 saturated carbocycles. The molecule has 0 aromatic heterocycles. The highest BCUT2D eigenvalue weighted by molar-refractivity contribution is 6.01. The van der Waals surface area contributed by atoms with E-state index < -0.39 is 29.5 Å². The molecular formula is C22H22F3N3O3. The molecule has 0 spiro atoms. The van der Waals surface area contributed by atoms with E-state index in [0.717, 1.165) is 23.8 Å². The maximum Gasteiger partial charge on any atom is 0.416 e. The molecule has 0 radical (unpaired) electrons. The Morgan fingerprint density at radius 3 is 2.42 bits per heavy atom. The zero-order valence-corrected chi connectivity index (χ0v) is 16.8. The van der Waals surface area contributed by atoms with E-state index in [4.69, 9.17) is 0 Å². The summed E-state index contributed by atoms with van der Waals surface area (Å²) >= 11 is 0. The van der Waals surface area contributed by atoms with E-state index in [1.54, 1.807) is 4.90 Å². The number of carbonyl (C=O) groups is 3. The molecule has 9 heteroatoms. The Morgan fingerprint density at radius 1 is 1.06 bits per heavy atom. The maximum absolute atomic E-state index is 13.1. The molecule has 1 heterocycles. The van der Waals surface area contributed by atoms with Gasteiger partial charge >= 0.3 is 6.18 Å². The lowest BCUT2D eigenvalue weighted by molar-refractivity contribution is -0.137. The van der Waals surface area contributed by atoms with E-state index in [0.29, 0.717) is 13.0 Å². The zero-order valence-electron chi connectivity index (χ0n) is 16.8. The Kier molecular flexibility index (Phi) is 6.62. The van der Waals surface area contributed by atoms with Crippen molar-refractivity contribution in [3.63, 3.8) is 0 Å². The summed E-state index contributed by atoms with van der Waals surface area (Å²) in [4.78, 5) is 37.9. The second-order valence-corrected chi connectivity index (χ2v) is 7.40. The van der Waals surface area contributed by atoms with Gasteiger partial charge in [-0.15, -0.1) is 0 Å². The summed E-state index contributed by atoms with van der Waals surface area (Å²) in [5.41, 5.74) is 0.000297. The SMILES string of the molecule is CC(=O)Nc1ccc(C(F)(F)F)cc1NC(=O)[C@@H]1CC(=O)N(CCc2ccccc2)C1. The first-order valence-corrected chi connectivity index (χ1v) is 9.75. The zero-order chi connectivity index (χ0) is 22.6. The summed E-state index contributed by atoms with van der Waals surface area (Å²) < 4.78 is 39.2. The van der Waals surface area contributed by atoms with E-state index in [-0.39, 0.29) is 30.2 Å². The lowest BCUT2D eigenvalue weighted by Crippen LogP contribution is -2.30. The average Bonchev–Trinajstić information content (AvgIpc) is 3.08. The van der Waals surface area contributed by atoms with Crippen molar-refractivity contribution in [2.75, 3.05) is 23.7 Å². The molecule has 3 rings (SSSR count). The molecule has 31 heavy (non-hydrogen) atoms. The summed E-state index contributed by atoms with van der Waals surface area (Å²) in [6.45, 7) is 1.85. The van der Waals surface area contributed by atoms with Crippen LogP contribution in [0.25, 0.3) is 0 Å². The molecule has 2 aromatic carbocycles. The molecule has 1 aliphatic heterocycles. The Bertz CT molecular complexity index is 977. The van der Waals surface area contributed by atoms with Crippen molar-refractivity contribution in [2.24, 2.45) is 5.92 Å². The third-order valence-electron chi connectivity index (χ3n) is 5.01. The first-order valence-electron chi connectivity index (χ1n) is 9.75. The van der Waals surface area contributed by atoms with Gasteiger partial charge in [-0.25, -0.2) is 0 Å². The lowest BCUT2D eigenvalue weighted by atomic mass is 10.1. The third-order valence-corrected chi connectivity index (χ3v) is 5.01. The van der Waals surface area contributed by atoms with E-state index in [2.05, 4.69) is 10.6 Å². The van der Waals surface area contributed by atoms with Gasteiger partial charge in [0.05, 0.1) is 22.9 Å².